The van der Waals surface area contributed by atoms with Crippen molar-refractivity contribution in [3.8, 4) is 0 Å². The van der Waals surface area contributed by atoms with E-state index in [1.807, 2.05) is 12.1 Å². The van der Waals surface area contributed by atoms with Gasteiger partial charge in [-0.15, -0.1) is 0 Å². The highest BCUT2D eigenvalue weighted by molar-refractivity contribution is 7.91. The molecule has 5 heteroatoms. The van der Waals surface area contributed by atoms with Crippen LogP contribution in [0.3, 0.4) is 0 Å². The predicted octanol–water partition coefficient (Wildman–Crippen LogP) is 2.22. The van der Waals surface area contributed by atoms with Crippen LogP contribution >= 0.6 is 0 Å². The van der Waals surface area contributed by atoms with E-state index < -0.39 is 9.84 Å². The van der Waals surface area contributed by atoms with Gasteiger partial charge in [-0.1, -0.05) is 18.2 Å². The average Bonchev–Trinajstić information content (AvgIpc) is 2.45. The summed E-state index contributed by atoms with van der Waals surface area (Å²) in [6, 6.07) is 8.10. The molecule has 1 aromatic carbocycles. The van der Waals surface area contributed by atoms with Crippen molar-refractivity contribution in [1.29, 1.82) is 0 Å². The van der Waals surface area contributed by atoms with Gasteiger partial charge in [0.25, 0.3) is 0 Å². The van der Waals surface area contributed by atoms with Gasteiger partial charge in [-0.2, -0.15) is 0 Å². The molecule has 1 aromatic rings. The second-order valence-electron chi connectivity index (χ2n) is 6.08. The zero-order valence-electron chi connectivity index (χ0n) is 13.2. The van der Waals surface area contributed by atoms with E-state index in [4.69, 9.17) is 0 Å². The molecule has 21 heavy (non-hydrogen) atoms. The van der Waals surface area contributed by atoms with Crippen LogP contribution in [0.4, 0.5) is 0 Å². The second-order valence-corrected chi connectivity index (χ2v) is 8.16. The van der Waals surface area contributed by atoms with Crippen LogP contribution in [0.25, 0.3) is 0 Å². The van der Waals surface area contributed by atoms with E-state index in [-0.39, 0.29) is 11.8 Å². The van der Waals surface area contributed by atoms with Crippen LogP contribution in [0.5, 0.6) is 0 Å². The topological polar surface area (TPSA) is 49.4 Å². The molecule has 0 radical (unpaired) electrons. The first-order valence-corrected chi connectivity index (χ1v) is 9.32. The number of nitrogens with zero attached hydrogens (tertiary/aromatic N) is 1. The summed E-state index contributed by atoms with van der Waals surface area (Å²) in [7, 11) is -0.946. The normalized spacial score (nSPS) is 20.7. The molecule has 2 rings (SSSR count). The van der Waals surface area contributed by atoms with E-state index in [0.717, 1.165) is 25.1 Å². The molecule has 0 aromatic heterocycles. The van der Waals surface area contributed by atoms with Crippen LogP contribution in [0.1, 0.15) is 38.3 Å². The lowest BCUT2D eigenvalue weighted by molar-refractivity contribution is 0.267. The SMILES string of the molecule is CC(C)N(C)CCCNC1CCS(=O)(=O)c2ccccc21. The van der Waals surface area contributed by atoms with Crippen LogP contribution in [0, 0.1) is 0 Å². The Morgan fingerprint density at radius 1 is 1.33 bits per heavy atom. The third-order valence-corrected chi connectivity index (χ3v) is 6.08. The third-order valence-electron chi connectivity index (χ3n) is 4.26. The smallest absolute Gasteiger partial charge is 0.178 e. The minimum absolute atomic E-state index is 0.161. The molecular weight excluding hydrogens is 284 g/mol. The minimum atomic E-state index is -3.08. The van der Waals surface area contributed by atoms with Crippen LogP contribution in [-0.4, -0.2) is 45.2 Å². The van der Waals surface area contributed by atoms with Crippen molar-refractivity contribution in [1.82, 2.24) is 10.2 Å². The van der Waals surface area contributed by atoms with Gasteiger partial charge in [-0.05, 0) is 58.5 Å². The molecule has 1 aliphatic rings. The van der Waals surface area contributed by atoms with Crippen LogP contribution in [0.2, 0.25) is 0 Å². The fourth-order valence-corrected chi connectivity index (χ4v) is 4.29. The molecule has 1 heterocycles. The molecule has 0 aliphatic carbocycles. The number of rotatable bonds is 6. The molecule has 1 unspecified atom stereocenters. The molecule has 0 spiro atoms. The number of benzene rings is 1. The highest BCUT2D eigenvalue weighted by Crippen LogP contribution is 2.31. The van der Waals surface area contributed by atoms with Gasteiger partial charge in [-0.25, -0.2) is 8.42 Å². The molecule has 0 bridgehead atoms. The molecular formula is C16H26N2O2S. The van der Waals surface area contributed by atoms with Crippen molar-refractivity contribution >= 4 is 9.84 Å². The van der Waals surface area contributed by atoms with Gasteiger partial charge in [-0.3, -0.25) is 0 Å². The monoisotopic (exact) mass is 310 g/mol. The molecule has 0 fully saturated rings. The summed E-state index contributed by atoms with van der Waals surface area (Å²) in [5.41, 5.74) is 0.931. The van der Waals surface area contributed by atoms with E-state index in [9.17, 15) is 8.42 Å². The van der Waals surface area contributed by atoms with Gasteiger partial charge in [0, 0.05) is 12.1 Å². The number of sulfone groups is 1. The lowest BCUT2D eigenvalue weighted by atomic mass is 10.0. The summed E-state index contributed by atoms with van der Waals surface area (Å²) < 4.78 is 24.2. The van der Waals surface area contributed by atoms with Crippen molar-refractivity contribution in [2.75, 3.05) is 25.9 Å². The van der Waals surface area contributed by atoms with Gasteiger partial charge in [0.2, 0.25) is 0 Å². The van der Waals surface area contributed by atoms with Gasteiger partial charge in [0.05, 0.1) is 10.6 Å². The van der Waals surface area contributed by atoms with Crippen LogP contribution < -0.4 is 5.32 Å². The Kier molecular flexibility index (Phi) is 5.41. The Hall–Kier alpha value is -0.910. The third kappa shape index (κ3) is 4.05. The van der Waals surface area contributed by atoms with E-state index in [1.54, 1.807) is 12.1 Å². The van der Waals surface area contributed by atoms with Crippen molar-refractivity contribution in [2.24, 2.45) is 0 Å². The maximum Gasteiger partial charge on any atom is 0.178 e. The van der Waals surface area contributed by atoms with Crippen molar-refractivity contribution in [3.05, 3.63) is 29.8 Å². The largest absolute Gasteiger partial charge is 0.310 e. The molecule has 1 N–H and O–H groups in total. The fourth-order valence-electron chi connectivity index (χ4n) is 2.67. The molecule has 4 nitrogen and oxygen atoms in total. The van der Waals surface area contributed by atoms with Crippen molar-refractivity contribution in [3.63, 3.8) is 0 Å². The highest BCUT2D eigenvalue weighted by atomic mass is 32.2. The van der Waals surface area contributed by atoms with Gasteiger partial charge < -0.3 is 10.2 Å². The highest BCUT2D eigenvalue weighted by Gasteiger charge is 2.29. The Morgan fingerprint density at radius 3 is 2.76 bits per heavy atom. The molecule has 0 amide bonds. The van der Waals surface area contributed by atoms with Crippen molar-refractivity contribution < 1.29 is 8.42 Å². The van der Waals surface area contributed by atoms with Crippen LogP contribution in [0.15, 0.2) is 29.2 Å². The lowest BCUT2D eigenvalue weighted by Crippen LogP contribution is -2.33. The van der Waals surface area contributed by atoms with E-state index in [0.29, 0.717) is 17.4 Å². The number of hydrogen-bond donors (Lipinski definition) is 1. The number of hydrogen-bond acceptors (Lipinski definition) is 4. The molecule has 1 atom stereocenters. The summed E-state index contributed by atoms with van der Waals surface area (Å²) in [6.45, 7) is 6.35. The first kappa shape index (κ1) is 16.5. The van der Waals surface area contributed by atoms with E-state index in [1.165, 1.54) is 0 Å². The van der Waals surface area contributed by atoms with Gasteiger partial charge in [0.15, 0.2) is 9.84 Å². The molecule has 1 aliphatic heterocycles. The first-order chi connectivity index (χ1) is 9.92. The maximum absolute atomic E-state index is 12.1. The zero-order chi connectivity index (χ0) is 15.5. The summed E-state index contributed by atoms with van der Waals surface area (Å²) in [6.07, 6.45) is 1.74. The first-order valence-electron chi connectivity index (χ1n) is 7.67. The minimum Gasteiger partial charge on any atom is -0.310 e. The zero-order valence-corrected chi connectivity index (χ0v) is 14.0. The summed E-state index contributed by atoms with van der Waals surface area (Å²) >= 11 is 0. The molecule has 0 saturated carbocycles. The average molecular weight is 310 g/mol. The number of nitrogens with one attached hydrogen (secondary N) is 1. The van der Waals surface area contributed by atoms with Gasteiger partial charge in [0.1, 0.15) is 0 Å². The van der Waals surface area contributed by atoms with E-state index >= 15 is 0 Å². The van der Waals surface area contributed by atoms with Crippen molar-refractivity contribution in [2.45, 2.75) is 43.7 Å². The standard InChI is InChI=1S/C16H26N2O2S/c1-13(2)18(3)11-6-10-17-15-9-12-21(19,20)16-8-5-4-7-14(15)16/h4-5,7-8,13,15,17H,6,9-12H2,1-3H3. The Bertz CT molecular complexity index is 569. The van der Waals surface area contributed by atoms with Crippen LogP contribution in [-0.2, 0) is 9.84 Å². The summed E-state index contributed by atoms with van der Waals surface area (Å²) in [5, 5.41) is 3.52. The summed E-state index contributed by atoms with van der Waals surface area (Å²) in [5.74, 6) is 0.244. The van der Waals surface area contributed by atoms with E-state index in [2.05, 4.69) is 31.1 Å². The Labute approximate surface area is 128 Å². The Balaban J connectivity index is 1.94. The van der Waals surface area contributed by atoms with Gasteiger partial charge >= 0.3 is 0 Å². The Morgan fingerprint density at radius 2 is 2.05 bits per heavy atom. The number of fused-ring (bicyclic) bond motifs is 1. The lowest BCUT2D eigenvalue weighted by Gasteiger charge is -2.27. The second kappa shape index (κ2) is 6.90. The molecule has 118 valence electrons. The summed E-state index contributed by atoms with van der Waals surface area (Å²) in [4.78, 5) is 2.83. The predicted molar refractivity (Wildman–Crippen MR) is 86.2 cm³/mol. The molecule has 0 saturated heterocycles. The maximum atomic E-state index is 12.1. The quantitative estimate of drug-likeness (QED) is 0.819. The fraction of sp³-hybridized carbons (Fsp3) is 0.625.